The predicted octanol–water partition coefficient (Wildman–Crippen LogP) is 4.14. The summed E-state index contributed by atoms with van der Waals surface area (Å²) in [5, 5.41) is 7.80. The standard InChI is InChI=1S/C25H25F2N9/c1-35-24(31-19-5-2-15(3-6-19)20-8-9-29-23(28)32-20)33-22(34-35)16-4-7-21(30-12-16)36-13-17-10-25(26,27)11-18(17)14-36/h2-9,12,17-18H,10-11,13-14H2,1H3,(H2,28,29,32)(H,31,33,34)/t17-,18-/m1/s1. The maximum atomic E-state index is 13.6. The zero-order valence-corrected chi connectivity index (χ0v) is 19.6. The van der Waals surface area contributed by atoms with Crippen LogP contribution in [0.25, 0.3) is 22.6 Å². The molecule has 0 bridgehead atoms. The SMILES string of the molecule is Cn1nc(-c2ccc(N3C[C@H]4CC(F)(F)C[C@@H]4C3)nc2)nc1Nc1ccc(-c2ccnc(N)n2)cc1. The molecule has 1 aliphatic carbocycles. The van der Waals surface area contributed by atoms with Gasteiger partial charge in [0.1, 0.15) is 5.82 Å². The van der Waals surface area contributed by atoms with E-state index in [2.05, 4.69) is 35.3 Å². The Balaban J connectivity index is 1.13. The number of nitrogens with two attached hydrogens (primary N) is 1. The molecular formula is C25H25F2N9. The Morgan fingerprint density at radius 2 is 1.67 bits per heavy atom. The van der Waals surface area contributed by atoms with E-state index in [9.17, 15) is 8.78 Å². The van der Waals surface area contributed by atoms with Gasteiger partial charge in [-0.2, -0.15) is 4.98 Å². The average molecular weight is 490 g/mol. The topological polar surface area (TPSA) is 111 Å². The van der Waals surface area contributed by atoms with E-state index in [1.54, 1.807) is 23.1 Å². The fourth-order valence-corrected chi connectivity index (χ4v) is 5.15. The number of rotatable bonds is 5. The summed E-state index contributed by atoms with van der Waals surface area (Å²) in [6, 6.07) is 13.4. The van der Waals surface area contributed by atoms with Crippen LogP contribution in [-0.2, 0) is 7.05 Å². The molecule has 3 aromatic heterocycles. The quantitative estimate of drug-likeness (QED) is 0.430. The van der Waals surface area contributed by atoms with Crippen LogP contribution < -0.4 is 16.0 Å². The van der Waals surface area contributed by atoms with Crippen molar-refractivity contribution in [3.63, 3.8) is 0 Å². The minimum Gasteiger partial charge on any atom is -0.368 e. The summed E-state index contributed by atoms with van der Waals surface area (Å²) in [7, 11) is 1.82. The van der Waals surface area contributed by atoms with Gasteiger partial charge in [-0.15, -0.1) is 5.10 Å². The number of benzene rings is 1. The van der Waals surface area contributed by atoms with Crippen molar-refractivity contribution in [3.05, 3.63) is 54.9 Å². The maximum Gasteiger partial charge on any atom is 0.248 e. The molecule has 2 atom stereocenters. The fourth-order valence-electron chi connectivity index (χ4n) is 5.15. The Bertz CT molecular complexity index is 1370. The number of nitrogens with zero attached hydrogens (tertiary/aromatic N) is 7. The van der Waals surface area contributed by atoms with Crippen molar-refractivity contribution in [1.82, 2.24) is 29.7 Å². The van der Waals surface area contributed by atoms with Gasteiger partial charge < -0.3 is 16.0 Å². The van der Waals surface area contributed by atoms with Crippen LogP contribution >= 0.6 is 0 Å². The van der Waals surface area contributed by atoms with Crippen molar-refractivity contribution in [2.24, 2.45) is 18.9 Å². The van der Waals surface area contributed by atoms with Crippen LogP contribution in [0.5, 0.6) is 0 Å². The Labute approximate surface area is 206 Å². The van der Waals surface area contributed by atoms with Crippen LogP contribution in [0, 0.1) is 11.8 Å². The maximum absolute atomic E-state index is 13.6. The molecule has 2 fully saturated rings. The number of alkyl halides is 2. The minimum atomic E-state index is -2.51. The summed E-state index contributed by atoms with van der Waals surface area (Å²) >= 11 is 0. The third kappa shape index (κ3) is 4.32. The summed E-state index contributed by atoms with van der Waals surface area (Å²) < 4.78 is 29.0. The largest absolute Gasteiger partial charge is 0.368 e. The molecular weight excluding hydrogens is 464 g/mol. The predicted molar refractivity (Wildman–Crippen MR) is 133 cm³/mol. The van der Waals surface area contributed by atoms with Crippen molar-refractivity contribution >= 4 is 23.4 Å². The third-order valence-corrected chi connectivity index (χ3v) is 6.90. The van der Waals surface area contributed by atoms with E-state index in [0.29, 0.717) is 24.9 Å². The highest BCUT2D eigenvalue weighted by molar-refractivity contribution is 5.66. The van der Waals surface area contributed by atoms with Gasteiger partial charge in [-0.25, -0.2) is 28.4 Å². The lowest BCUT2D eigenvalue weighted by atomic mass is 10.0. The number of hydrogen-bond acceptors (Lipinski definition) is 8. The van der Waals surface area contributed by atoms with Gasteiger partial charge in [0.05, 0.1) is 5.69 Å². The normalized spacial score (nSPS) is 20.5. The number of hydrogen-bond donors (Lipinski definition) is 2. The Morgan fingerprint density at radius 1 is 0.944 bits per heavy atom. The second-order valence-corrected chi connectivity index (χ2v) is 9.48. The molecule has 36 heavy (non-hydrogen) atoms. The lowest BCUT2D eigenvalue weighted by molar-refractivity contribution is 0.00172. The van der Waals surface area contributed by atoms with E-state index in [4.69, 9.17) is 5.73 Å². The number of nitrogens with one attached hydrogen (secondary N) is 1. The Hall–Kier alpha value is -4.15. The minimum absolute atomic E-state index is 0.0160. The molecule has 4 aromatic rings. The lowest BCUT2D eigenvalue weighted by Crippen LogP contribution is -2.24. The molecule has 184 valence electrons. The zero-order valence-electron chi connectivity index (χ0n) is 19.6. The van der Waals surface area contributed by atoms with Gasteiger partial charge in [0.15, 0.2) is 5.82 Å². The molecule has 6 rings (SSSR count). The van der Waals surface area contributed by atoms with E-state index in [0.717, 1.165) is 28.3 Å². The highest BCUT2D eigenvalue weighted by Gasteiger charge is 2.50. The molecule has 3 N–H and O–H groups in total. The van der Waals surface area contributed by atoms with Gasteiger partial charge in [-0.05, 0) is 42.2 Å². The first-order valence-electron chi connectivity index (χ1n) is 11.8. The van der Waals surface area contributed by atoms with Crippen LogP contribution in [0.15, 0.2) is 54.9 Å². The summed E-state index contributed by atoms with van der Waals surface area (Å²) in [4.78, 5) is 19.5. The number of pyridine rings is 1. The second-order valence-electron chi connectivity index (χ2n) is 9.48. The zero-order chi connectivity index (χ0) is 24.9. The van der Waals surface area contributed by atoms with Crippen molar-refractivity contribution in [3.8, 4) is 22.6 Å². The van der Waals surface area contributed by atoms with Crippen molar-refractivity contribution < 1.29 is 8.78 Å². The van der Waals surface area contributed by atoms with Crippen LogP contribution in [0.1, 0.15) is 12.8 Å². The first kappa shape index (κ1) is 22.3. The molecule has 1 saturated heterocycles. The van der Waals surface area contributed by atoms with E-state index in [1.165, 1.54) is 0 Å². The summed E-state index contributed by atoms with van der Waals surface area (Å²) in [6.45, 7) is 1.26. The first-order chi connectivity index (χ1) is 17.3. The Morgan fingerprint density at radius 3 is 2.33 bits per heavy atom. The van der Waals surface area contributed by atoms with Crippen molar-refractivity contribution in [2.45, 2.75) is 18.8 Å². The molecule has 0 spiro atoms. The monoisotopic (exact) mass is 489 g/mol. The molecule has 0 amide bonds. The van der Waals surface area contributed by atoms with Gasteiger partial charge in [-0.1, -0.05) is 12.1 Å². The van der Waals surface area contributed by atoms with Gasteiger partial charge in [0.25, 0.3) is 0 Å². The van der Waals surface area contributed by atoms with Gasteiger partial charge in [-0.3, -0.25) is 0 Å². The van der Waals surface area contributed by atoms with E-state index >= 15 is 0 Å². The molecule has 1 aliphatic heterocycles. The number of nitrogen functional groups attached to an aromatic ring is 1. The molecule has 2 aliphatic rings. The number of aryl methyl sites for hydroxylation is 1. The molecule has 1 saturated carbocycles. The lowest BCUT2D eigenvalue weighted by Gasteiger charge is -2.20. The number of fused-ring (bicyclic) bond motifs is 1. The van der Waals surface area contributed by atoms with Crippen LogP contribution in [0.2, 0.25) is 0 Å². The van der Waals surface area contributed by atoms with Crippen LogP contribution in [-0.4, -0.2) is 48.7 Å². The van der Waals surface area contributed by atoms with E-state index < -0.39 is 5.92 Å². The first-order valence-corrected chi connectivity index (χ1v) is 11.8. The number of anilines is 4. The third-order valence-electron chi connectivity index (χ3n) is 6.90. The molecule has 9 nitrogen and oxygen atoms in total. The van der Waals surface area contributed by atoms with Gasteiger partial charge in [0, 0.05) is 62.2 Å². The highest BCUT2D eigenvalue weighted by atomic mass is 19.3. The molecule has 11 heteroatoms. The fraction of sp³-hybridized carbons (Fsp3) is 0.320. The van der Waals surface area contributed by atoms with Crippen molar-refractivity contribution in [1.29, 1.82) is 0 Å². The average Bonchev–Trinajstić information content (AvgIpc) is 3.50. The molecule has 0 unspecified atom stereocenters. The summed E-state index contributed by atoms with van der Waals surface area (Å²) in [5.41, 5.74) is 8.99. The van der Waals surface area contributed by atoms with E-state index in [-0.39, 0.29) is 30.6 Å². The van der Waals surface area contributed by atoms with Gasteiger partial charge in [0.2, 0.25) is 17.8 Å². The van der Waals surface area contributed by atoms with Crippen molar-refractivity contribution in [2.75, 3.05) is 29.0 Å². The summed E-state index contributed by atoms with van der Waals surface area (Å²) in [5.74, 6) is -0.261. The molecule has 4 heterocycles. The summed E-state index contributed by atoms with van der Waals surface area (Å²) in [6.07, 6.45) is 3.33. The number of aromatic nitrogens is 6. The second kappa shape index (κ2) is 8.51. The Kier molecular flexibility index (Phi) is 5.27. The van der Waals surface area contributed by atoms with Gasteiger partial charge >= 0.3 is 0 Å². The molecule has 0 radical (unpaired) electrons. The van der Waals surface area contributed by atoms with E-state index in [1.807, 2.05) is 43.4 Å². The molecule has 1 aromatic carbocycles. The highest BCUT2D eigenvalue weighted by Crippen LogP contribution is 2.47. The number of halogens is 2. The van der Waals surface area contributed by atoms with Crippen LogP contribution in [0.3, 0.4) is 0 Å². The van der Waals surface area contributed by atoms with Crippen LogP contribution in [0.4, 0.5) is 32.2 Å². The smallest absolute Gasteiger partial charge is 0.248 e.